The Morgan fingerprint density at radius 2 is 1.56 bits per heavy atom. The third-order valence-corrected chi connectivity index (χ3v) is 5.27. The minimum atomic E-state index is -0.592. The average Bonchev–Trinajstić information content (AvgIpc) is 2.80. The first-order valence-corrected chi connectivity index (χ1v) is 10.4. The van der Waals surface area contributed by atoms with Crippen LogP contribution in [0.2, 0.25) is 10.0 Å². The van der Waals surface area contributed by atoms with E-state index in [9.17, 15) is 9.59 Å². The van der Waals surface area contributed by atoms with E-state index >= 15 is 0 Å². The summed E-state index contributed by atoms with van der Waals surface area (Å²) < 4.78 is 5.63. The van der Waals surface area contributed by atoms with Gasteiger partial charge in [0.1, 0.15) is 5.75 Å². The Morgan fingerprint density at radius 1 is 0.844 bits per heavy atom. The number of fused-ring (bicyclic) bond motifs is 1. The summed E-state index contributed by atoms with van der Waals surface area (Å²) in [6, 6.07) is 24.2. The average molecular weight is 463 g/mol. The summed E-state index contributed by atoms with van der Waals surface area (Å²) in [5.74, 6) is -0.698. The summed E-state index contributed by atoms with van der Waals surface area (Å²) in [5, 5.41) is 6.64. The number of ether oxygens (including phenoxy) is 1. The van der Waals surface area contributed by atoms with Gasteiger partial charge in [0.25, 0.3) is 5.91 Å². The lowest BCUT2D eigenvalue weighted by molar-refractivity contribution is 0.0734. The minimum Gasteiger partial charge on any atom is -0.422 e. The van der Waals surface area contributed by atoms with Crippen molar-refractivity contribution in [3.05, 3.63) is 112 Å². The molecule has 32 heavy (non-hydrogen) atoms. The molecule has 4 aromatic carbocycles. The number of halogens is 2. The molecule has 5 nitrogen and oxygen atoms in total. The zero-order valence-electron chi connectivity index (χ0n) is 16.6. The van der Waals surface area contributed by atoms with Gasteiger partial charge in [0.2, 0.25) is 0 Å². The zero-order valence-corrected chi connectivity index (χ0v) is 18.1. The van der Waals surface area contributed by atoms with Crippen molar-refractivity contribution < 1.29 is 14.3 Å². The van der Waals surface area contributed by atoms with Crippen LogP contribution >= 0.6 is 23.2 Å². The van der Waals surface area contributed by atoms with Gasteiger partial charge in [0.05, 0.1) is 16.8 Å². The fourth-order valence-corrected chi connectivity index (χ4v) is 3.44. The number of esters is 1. The molecule has 0 bridgehead atoms. The van der Waals surface area contributed by atoms with Gasteiger partial charge in [-0.3, -0.25) is 4.79 Å². The van der Waals surface area contributed by atoms with Crippen LogP contribution in [0.15, 0.2) is 90.0 Å². The number of hydrogen-bond acceptors (Lipinski definition) is 4. The maximum atomic E-state index is 12.7. The smallest absolute Gasteiger partial charge is 0.345 e. The predicted molar refractivity (Wildman–Crippen MR) is 127 cm³/mol. The Kier molecular flexibility index (Phi) is 6.50. The number of benzene rings is 4. The maximum absolute atomic E-state index is 12.7. The molecule has 0 aliphatic heterocycles. The van der Waals surface area contributed by atoms with Gasteiger partial charge in [0, 0.05) is 16.1 Å². The van der Waals surface area contributed by atoms with E-state index in [2.05, 4.69) is 10.5 Å². The topological polar surface area (TPSA) is 67.8 Å². The lowest BCUT2D eigenvalue weighted by atomic mass is 10.0. The highest BCUT2D eigenvalue weighted by Crippen LogP contribution is 2.28. The number of carbonyl (C=O) groups excluding carboxylic acids is 2. The molecular weight excluding hydrogens is 447 g/mol. The first kappa shape index (κ1) is 21.6. The Hall–Kier alpha value is -3.67. The Balaban J connectivity index is 1.63. The van der Waals surface area contributed by atoms with E-state index < -0.39 is 11.9 Å². The molecule has 0 fully saturated rings. The van der Waals surface area contributed by atoms with Crippen LogP contribution in [0.25, 0.3) is 10.8 Å². The van der Waals surface area contributed by atoms with Gasteiger partial charge >= 0.3 is 5.97 Å². The second-order valence-electron chi connectivity index (χ2n) is 6.77. The Labute approximate surface area is 194 Å². The van der Waals surface area contributed by atoms with Crippen molar-refractivity contribution >= 4 is 52.1 Å². The molecule has 1 N–H and O–H groups in total. The molecule has 7 heteroatoms. The summed E-state index contributed by atoms with van der Waals surface area (Å²) in [7, 11) is 0. The number of hydrazone groups is 1. The van der Waals surface area contributed by atoms with Gasteiger partial charge < -0.3 is 4.74 Å². The van der Waals surface area contributed by atoms with E-state index in [-0.39, 0.29) is 11.3 Å². The van der Waals surface area contributed by atoms with E-state index in [0.717, 1.165) is 10.8 Å². The van der Waals surface area contributed by atoms with Crippen molar-refractivity contribution in [2.24, 2.45) is 5.10 Å². The van der Waals surface area contributed by atoms with E-state index in [0.29, 0.717) is 21.2 Å². The van der Waals surface area contributed by atoms with Gasteiger partial charge in [-0.2, -0.15) is 5.10 Å². The maximum Gasteiger partial charge on any atom is 0.345 e. The molecular formula is C25H16Cl2N2O3. The molecule has 0 unspecified atom stereocenters. The SMILES string of the molecule is O=C(N/N=C/c1c(OC(=O)c2ccccc2Cl)ccc2ccccc12)c1ccc(Cl)cc1. The lowest BCUT2D eigenvalue weighted by Crippen LogP contribution is -2.17. The van der Waals surface area contributed by atoms with Crippen molar-refractivity contribution in [2.75, 3.05) is 0 Å². The third-order valence-electron chi connectivity index (χ3n) is 4.69. The molecule has 0 aliphatic carbocycles. The van der Waals surface area contributed by atoms with Crippen molar-refractivity contribution in [1.82, 2.24) is 5.43 Å². The van der Waals surface area contributed by atoms with Gasteiger partial charge in [-0.25, -0.2) is 10.2 Å². The van der Waals surface area contributed by atoms with E-state index in [4.69, 9.17) is 27.9 Å². The van der Waals surface area contributed by atoms with Gasteiger partial charge in [-0.1, -0.05) is 65.7 Å². The van der Waals surface area contributed by atoms with Crippen LogP contribution in [0, 0.1) is 0 Å². The molecule has 0 saturated carbocycles. The normalized spacial score (nSPS) is 10.9. The number of carbonyl (C=O) groups is 2. The number of rotatable bonds is 5. The largest absolute Gasteiger partial charge is 0.422 e. The monoisotopic (exact) mass is 462 g/mol. The predicted octanol–water partition coefficient (Wildman–Crippen LogP) is 6.13. The first-order chi connectivity index (χ1) is 15.5. The minimum absolute atomic E-state index is 0.251. The number of nitrogens with zero attached hydrogens (tertiary/aromatic N) is 1. The van der Waals surface area contributed by atoms with Crippen LogP contribution in [0.4, 0.5) is 0 Å². The zero-order chi connectivity index (χ0) is 22.5. The summed E-state index contributed by atoms with van der Waals surface area (Å²) >= 11 is 12.0. The summed E-state index contributed by atoms with van der Waals surface area (Å²) in [5.41, 5.74) is 3.68. The Morgan fingerprint density at radius 3 is 2.34 bits per heavy atom. The highest BCUT2D eigenvalue weighted by atomic mass is 35.5. The lowest BCUT2D eigenvalue weighted by Gasteiger charge is -2.11. The first-order valence-electron chi connectivity index (χ1n) is 9.60. The molecule has 4 rings (SSSR count). The number of amides is 1. The highest BCUT2D eigenvalue weighted by Gasteiger charge is 2.16. The number of hydrogen-bond donors (Lipinski definition) is 1. The van der Waals surface area contributed by atoms with Crippen LogP contribution in [0.1, 0.15) is 26.3 Å². The molecule has 0 radical (unpaired) electrons. The molecule has 4 aromatic rings. The van der Waals surface area contributed by atoms with Crippen molar-refractivity contribution in [3.63, 3.8) is 0 Å². The van der Waals surface area contributed by atoms with Gasteiger partial charge in [-0.05, 0) is 53.2 Å². The molecule has 1 amide bonds. The molecule has 0 spiro atoms. The Bertz CT molecular complexity index is 1330. The fraction of sp³-hybridized carbons (Fsp3) is 0. The van der Waals surface area contributed by atoms with E-state index in [1.54, 1.807) is 54.6 Å². The van der Waals surface area contributed by atoms with Crippen LogP contribution in [-0.2, 0) is 0 Å². The van der Waals surface area contributed by atoms with Crippen LogP contribution in [0.5, 0.6) is 5.75 Å². The second kappa shape index (κ2) is 9.64. The van der Waals surface area contributed by atoms with Gasteiger partial charge in [-0.15, -0.1) is 0 Å². The van der Waals surface area contributed by atoms with Crippen LogP contribution < -0.4 is 10.2 Å². The molecule has 0 heterocycles. The highest BCUT2D eigenvalue weighted by molar-refractivity contribution is 6.33. The van der Waals surface area contributed by atoms with E-state index in [1.807, 2.05) is 30.3 Å². The standard InChI is InChI=1S/C25H16Cl2N2O3/c26-18-12-9-17(10-13-18)24(30)29-28-15-21-19-6-2-1-5-16(19)11-14-23(21)32-25(31)20-7-3-4-8-22(20)27/h1-15H,(H,29,30)/b28-15+. The van der Waals surface area contributed by atoms with Crippen molar-refractivity contribution in [2.45, 2.75) is 0 Å². The summed E-state index contributed by atoms with van der Waals surface area (Å²) in [6.45, 7) is 0. The molecule has 0 aliphatic rings. The second-order valence-corrected chi connectivity index (χ2v) is 7.62. The van der Waals surface area contributed by atoms with Gasteiger partial charge in [0.15, 0.2) is 0 Å². The van der Waals surface area contributed by atoms with Crippen molar-refractivity contribution in [3.8, 4) is 5.75 Å². The van der Waals surface area contributed by atoms with Crippen LogP contribution in [-0.4, -0.2) is 18.1 Å². The summed E-state index contributed by atoms with van der Waals surface area (Å²) in [4.78, 5) is 25.0. The quantitative estimate of drug-likeness (QED) is 0.168. The van der Waals surface area contributed by atoms with Crippen LogP contribution in [0.3, 0.4) is 0 Å². The third kappa shape index (κ3) is 4.80. The van der Waals surface area contributed by atoms with Crippen molar-refractivity contribution in [1.29, 1.82) is 0 Å². The molecule has 0 saturated heterocycles. The molecule has 158 valence electrons. The fourth-order valence-electron chi connectivity index (χ4n) is 3.10. The van der Waals surface area contributed by atoms with E-state index in [1.165, 1.54) is 6.21 Å². The molecule has 0 aromatic heterocycles. The molecule has 0 atom stereocenters. The number of nitrogens with one attached hydrogen (secondary N) is 1. The summed E-state index contributed by atoms with van der Waals surface area (Å²) in [6.07, 6.45) is 1.45.